The molecule has 3 aromatic heterocycles. The van der Waals surface area contributed by atoms with Gasteiger partial charge in [-0.15, -0.1) is 0 Å². The first kappa shape index (κ1) is 21.6. The van der Waals surface area contributed by atoms with Gasteiger partial charge in [-0.05, 0) is 45.8 Å². The van der Waals surface area contributed by atoms with Crippen molar-refractivity contribution in [2.75, 3.05) is 0 Å². The van der Waals surface area contributed by atoms with E-state index in [9.17, 15) is 0 Å². The monoisotopic (exact) mass is 500 g/mol. The van der Waals surface area contributed by atoms with Gasteiger partial charge in [0.05, 0.1) is 5.39 Å². The zero-order valence-electron chi connectivity index (χ0n) is 20.7. The highest BCUT2D eigenvalue weighted by Gasteiger charge is 2.18. The molecular weight excluding hydrogens is 480 g/mol. The topological polar surface area (TPSA) is 64.7 Å². The Morgan fingerprint density at radius 2 is 1.05 bits per heavy atom. The van der Waals surface area contributed by atoms with Crippen molar-refractivity contribution in [1.29, 1.82) is 0 Å². The van der Waals surface area contributed by atoms with Crippen molar-refractivity contribution >= 4 is 43.6 Å². The molecule has 0 N–H and O–H groups in total. The van der Waals surface area contributed by atoms with Crippen molar-refractivity contribution < 1.29 is 4.42 Å². The molecular formula is C34H20N4O. The third-order valence-electron chi connectivity index (χ3n) is 7.17. The highest BCUT2D eigenvalue weighted by Crippen LogP contribution is 2.35. The van der Waals surface area contributed by atoms with E-state index in [2.05, 4.69) is 65.6 Å². The van der Waals surface area contributed by atoms with Gasteiger partial charge >= 0.3 is 0 Å². The molecule has 0 bridgehead atoms. The summed E-state index contributed by atoms with van der Waals surface area (Å²) >= 11 is 0. The van der Waals surface area contributed by atoms with Gasteiger partial charge < -0.3 is 4.42 Å². The van der Waals surface area contributed by atoms with Crippen LogP contribution in [0.4, 0.5) is 0 Å². The van der Waals surface area contributed by atoms with Gasteiger partial charge in [0, 0.05) is 28.3 Å². The molecule has 5 aromatic carbocycles. The summed E-state index contributed by atoms with van der Waals surface area (Å²) in [5, 5.41) is 6.49. The lowest BCUT2D eigenvalue weighted by molar-refractivity contribution is 0.654. The number of furan rings is 1. The molecule has 0 aliphatic carbocycles. The Labute approximate surface area is 223 Å². The van der Waals surface area contributed by atoms with Gasteiger partial charge in [0.25, 0.3) is 0 Å². The molecule has 0 amide bonds. The van der Waals surface area contributed by atoms with E-state index in [0.29, 0.717) is 23.2 Å². The Balaban J connectivity index is 1.40. The van der Waals surface area contributed by atoms with E-state index in [4.69, 9.17) is 19.4 Å². The molecule has 0 radical (unpaired) electrons. The molecule has 8 aromatic rings. The zero-order valence-corrected chi connectivity index (χ0v) is 20.7. The summed E-state index contributed by atoms with van der Waals surface area (Å²) in [5.41, 5.74) is 4.07. The van der Waals surface area contributed by atoms with Gasteiger partial charge in [0.15, 0.2) is 17.5 Å². The van der Waals surface area contributed by atoms with E-state index in [1.807, 2.05) is 54.6 Å². The molecule has 0 atom stereocenters. The number of para-hydroxylation sites is 1. The third kappa shape index (κ3) is 3.63. The quantitative estimate of drug-likeness (QED) is 0.243. The second-order valence-electron chi connectivity index (χ2n) is 9.57. The summed E-state index contributed by atoms with van der Waals surface area (Å²) in [4.78, 5) is 19.5. The van der Waals surface area contributed by atoms with Crippen LogP contribution in [0.1, 0.15) is 0 Å². The van der Waals surface area contributed by atoms with Crippen LogP contribution in [0.15, 0.2) is 126 Å². The average molecular weight is 501 g/mol. The molecule has 0 fully saturated rings. The number of aromatic nitrogens is 4. The van der Waals surface area contributed by atoms with E-state index in [1.165, 1.54) is 10.8 Å². The Kier molecular flexibility index (Phi) is 4.76. The molecule has 0 aliphatic rings. The summed E-state index contributed by atoms with van der Waals surface area (Å²) in [6.45, 7) is 0. The number of nitrogens with zero attached hydrogens (tertiary/aromatic N) is 4. The van der Waals surface area contributed by atoms with Gasteiger partial charge in [-0.25, -0.2) is 19.9 Å². The number of hydrogen-bond donors (Lipinski definition) is 0. The third-order valence-corrected chi connectivity index (χ3v) is 7.17. The Bertz CT molecular complexity index is 2100. The largest absolute Gasteiger partial charge is 0.438 e. The molecule has 0 saturated heterocycles. The van der Waals surface area contributed by atoms with Crippen LogP contribution in [0.2, 0.25) is 0 Å². The molecule has 5 heteroatoms. The second kappa shape index (κ2) is 8.57. The van der Waals surface area contributed by atoms with E-state index in [0.717, 1.165) is 43.8 Å². The van der Waals surface area contributed by atoms with Gasteiger partial charge in [0.2, 0.25) is 5.71 Å². The zero-order chi connectivity index (χ0) is 25.8. The highest BCUT2D eigenvalue weighted by molar-refractivity contribution is 6.10. The van der Waals surface area contributed by atoms with Gasteiger partial charge in [-0.1, -0.05) is 91.0 Å². The van der Waals surface area contributed by atoms with E-state index >= 15 is 0 Å². The van der Waals surface area contributed by atoms with Crippen molar-refractivity contribution in [2.24, 2.45) is 0 Å². The minimum Gasteiger partial charge on any atom is -0.438 e. The number of hydrogen-bond acceptors (Lipinski definition) is 5. The summed E-state index contributed by atoms with van der Waals surface area (Å²) < 4.78 is 6.06. The highest BCUT2D eigenvalue weighted by atomic mass is 16.3. The predicted molar refractivity (Wildman–Crippen MR) is 156 cm³/mol. The van der Waals surface area contributed by atoms with Gasteiger partial charge in [-0.2, -0.15) is 0 Å². The van der Waals surface area contributed by atoms with Crippen LogP contribution in [0, 0.1) is 0 Å². The SMILES string of the molecule is c1ccc2cc(-c3nc(-c4ccc5ccccc5c4)nc(-c4ccnc5oc6ccccc6c45)n3)ccc2c1. The van der Waals surface area contributed by atoms with Crippen LogP contribution in [0.3, 0.4) is 0 Å². The number of fused-ring (bicyclic) bond motifs is 5. The maximum atomic E-state index is 6.06. The van der Waals surface area contributed by atoms with E-state index in [-0.39, 0.29) is 0 Å². The van der Waals surface area contributed by atoms with Crippen LogP contribution < -0.4 is 0 Å². The van der Waals surface area contributed by atoms with Gasteiger partial charge in [-0.3, -0.25) is 0 Å². The Hall–Kier alpha value is -5.42. The normalized spacial score (nSPS) is 11.6. The number of pyridine rings is 1. The second-order valence-corrected chi connectivity index (χ2v) is 9.57. The van der Waals surface area contributed by atoms with E-state index < -0.39 is 0 Å². The summed E-state index contributed by atoms with van der Waals surface area (Å²) in [5.74, 6) is 1.81. The Morgan fingerprint density at radius 1 is 0.487 bits per heavy atom. The first-order valence-corrected chi connectivity index (χ1v) is 12.8. The lowest BCUT2D eigenvalue weighted by Gasteiger charge is -2.10. The van der Waals surface area contributed by atoms with Crippen molar-refractivity contribution in [3.63, 3.8) is 0 Å². The Morgan fingerprint density at radius 3 is 1.72 bits per heavy atom. The molecule has 5 nitrogen and oxygen atoms in total. The first-order chi connectivity index (χ1) is 19.3. The van der Waals surface area contributed by atoms with E-state index in [1.54, 1.807) is 6.20 Å². The molecule has 39 heavy (non-hydrogen) atoms. The van der Waals surface area contributed by atoms with Crippen LogP contribution >= 0.6 is 0 Å². The standard InChI is InChI=1S/C34H20N4O/c1-3-9-23-19-25(15-13-21(23)7-1)31-36-32(26-16-14-22-8-2-4-10-24(22)20-26)38-33(37-31)28-17-18-35-34-30(28)27-11-5-6-12-29(27)39-34/h1-20H. The van der Waals surface area contributed by atoms with Crippen LogP contribution in [0.5, 0.6) is 0 Å². The molecule has 182 valence electrons. The van der Waals surface area contributed by atoms with Crippen molar-refractivity contribution in [3.8, 4) is 34.2 Å². The van der Waals surface area contributed by atoms with Crippen molar-refractivity contribution in [1.82, 2.24) is 19.9 Å². The molecule has 8 rings (SSSR count). The van der Waals surface area contributed by atoms with Crippen molar-refractivity contribution in [3.05, 3.63) is 121 Å². The molecule has 3 heterocycles. The number of benzene rings is 5. The fourth-order valence-electron chi connectivity index (χ4n) is 5.24. The number of rotatable bonds is 3. The fourth-order valence-corrected chi connectivity index (χ4v) is 5.24. The van der Waals surface area contributed by atoms with Crippen molar-refractivity contribution in [2.45, 2.75) is 0 Å². The maximum Gasteiger partial charge on any atom is 0.228 e. The van der Waals surface area contributed by atoms with Gasteiger partial charge in [0.1, 0.15) is 5.58 Å². The molecule has 0 aliphatic heterocycles. The predicted octanol–water partition coefficient (Wildman–Crippen LogP) is 8.47. The average Bonchev–Trinajstić information content (AvgIpc) is 3.39. The molecule has 0 unspecified atom stereocenters. The minimum atomic E-state index is 0.564. The maximum absolute atomic E-state index is 6.06. The van der Waals surface area contributed by atoms with Crippen LogP contribution in [-0.2, 0) is 0 Å². The first-order valence-electron chi connectivity index (χ1n) is 12.8. The van der Waals surface area contributed by atoms with Crippen LogP contribution in [0.25, 0.3) is 77.8 Å². The summed E-state index contributed by atoms with van der Waals surface area (Å²) in [7, 11) is 0. The molecule has 0 spiro atoms. The fraction of sp³-hybridized carbons (Fsp3) is 0. The summed E-state index contributed by atoms with van der Waals surface area (Å²) in [6.07, 6.45) is 1.75. The minimum absolute atomic E-state index is 0.564. The summed E-state index contributed by atoms with van der Waals surface area (Å²) in [6, 6.07) is 39.1. The lowest BCUT2D eigenvalue weighted by atomic mass is 10.0. The smallest absolute Gasteiger partial charge is 0.228 e. The lowest BCUT2D eigenvalue weighted by Crippen LogP contribution is -2.00. The molecule has 0 saturated carbocycles. The van der Waals surface area contributed by atoms with Crippen LogP contribution in [-0.4, -0.2) is 19.9 Å².